The summed E-state index contributed by atoms with van der Waals surface area (Å²) in [5.74, 6) is 0.762. The van der Waals surface area contributed by atoms with Crippen LogP contribution in [0, 0.1) is 5.82 Å². The standard InChI is InChI=1S/C17H20FNO2/c1-12(19)17-15(18)4-3-5-16(17)21-14-8-6-13(7-9-14)10-11-20-2/h3-9,12H,10-11,19H2,1-2H3. The third kappa shape index (κ3) is 4.03. The third-order valence-electron chi connectivity index (χ3n) is 3.21. The predicted molar refractivity (Wildman–Crippen MR) is 81.1 cm³/mol. The number of hydrogen-bond acceptors (Lipinski definition) is 3. The zero-order chi connectivity index (χ0) is 15.2. The molecular weight excluding hydrogens is 269 g/mol. The van der Waals surface area contributed by atoms with Crippen molar-refractivity contribution in [3.8, 4) is 11.5 Å². The summed E-state index contributed by atoms with van der Waals surface area (Å²) in [6.07, 6.45) is 0.849. The van der Waals surface area contributed by atoms with E-state index in [1.165, 1.54) is 6.07 Å². The highest BCUT2D eigenvalue weighted by molar-refractivity contribution is 5.40. The number of benzene rings is 2. The van der Waals surface area contributed by atoms with Crippen molar-refractivity contribution in [2.24, 2.45) is 5.73 Å². The Morgan fingerprint density at radius 2 is 1.86 bits per heavy atom. The Labute approximate surface area is 124 Å². The summed E-state index contributed by atoms with van der Waals surface area (Å²) >= 11 is 0. The minimum Gasteiger partial charge on any atom is -0.457 e. The van der Waals surface area contributed by atoms with E-state index in [4.69, 9.17) is 15.2 Å². The molecule has 0 saturated heterocycles. The molecule has 0 amide bonds. The minimum atomic E-state index is -0.429. The van der Waals surface area contributed by atoms with E-state index in [1.807, 2.05) is 24.3 Å². The summed E-state index contributed by atoms with van der Waals surface area (Å²) in [5.41, 5.74) is 7.37. The minimum absolute atomic E-state index is 0.348. The lowest BCUT2D eigenvalue weighted by Gasteiger charge is -2.14. The summed E-state index contributed by atoms with van der Waals surface area (Å²) in [5, 5.41) is 0. The van der Waals surface area contributed by atoms with E-state index in [9.17, 15) is 4.39 Å². The van der Waals surface area contributed by atoms with Crippen LogP contribution in [0.4, 0.5) is 4.39 Å². The summed E-state index contributed by atoms with van der Waals surface area (Å²) < 4.78 is 24.6. The molecule has 3 nitrogen and oxygen atoms in total. The quantitative estimate of drug-likeness (QED) is 0.879. The van der Waals surface area contributed by atoms with Gasteiger partial charge in [0.25, 0.3) is 0 Å². The lowest BCUT2D eigenvalue weighted by Crippen LogP contribution is -2.09. The molecule has 0 heterocycles. The van der Waals surface area contributed by atoms with Crippen molar-refractivity contribution >= 4 is 0 Å². The molecule has 2 rings (SSSR count). The molecule has 1 atom stereocenters. The van der Waals surface area contributed by atoms with Gasteiger partial charge in [0.2, 0.25) is 0 Å². The van der Waals surface area contributed by atoms with Crippen LogP contribution in [0.3, 0.4) is 0 Å². The Morgan fingerprint density at radius 3 is 2.48 bits per heavy atom. The first kappa shape index (κ1) is 15.5. The van der Waals surface area contributed by atoms with E-state index in [1.54, 1.807) is 26.2 Å². The third-order valence-corrected chi connectivity index (χ3v) is 3.21. The van der Waals surface area contributed by atoms with Crippen molar-refractivity contribution in [3.63, 3.8) is 0 Å². The largest absolute Gasteiger partial charge is 0.457 e. The van der Waals surface area contributed by atoms with E-state index in [0.717, 1.165) is 12.0 Å². The molecule has 0 bridgehead atoms. The van der Waals surface area contributed by atoms with Crippen molar-refractivity contribution in [2.75, 3.05) is 13.7 Å². The van der Waals surface area contributed by atoms with Gasteiger partial charge in [-0.25, -0.2) is 4.39 Å². The molecule has 4 heteroatoms. The normalized spacial score (nSPS) is 12.2. The Kier molecular flexibility index (Phi) is 5.31. The molecule has 0 radical (unpaired) electrons. The molecule has 0 saturated carbocycles. The Hall–Kier alpha value is -1.91. The van der Waals surface area contributed by atoms with Crippen molar-refractivity contribution in [3.05, 3.63) is 59.4 Å². The Morgan fingerprint density at radius 1 is 1.14 bits per heavy atom. The molecule has 1 unspecified atom stereocenters. The molecule has 0 aliphatic carbocycles. The van der Waals surface area contributed by atoms with Gasteiger partial charge < -0.3 is 15.2 Å². The summed E-state index contributed by atoms with van der Waals surface area (Å²) in [6.45, 7) is 2.41. The maximum Gasteiger partial charge on any atom is 0.135 e. The van der Waals surface area contributed by atoms with Crippen molar-refractivity contribution in [1.29, 1.82) is 0 Å². The van der Waals surface area contributed by atoms with Crippen LogP contribution in [0.5, 0.6) is 11.5 Å². The average molecular weight is 289 g/mol. The van der Waals surface area contributed by atoms with E-state index < -0.39 is 6.04 Å². The number of hydrogen-bond donors (Lipinski definition) is 1. The SMILES string of the molecule is COCCc1ccc(Oc2cccc(F)c2C(C)N)cc1. The Bertz CT molecular complexity index is 582. The van der Waals surface area contributed by atoms with Crippen LogP contribution < -0.4 is 10.5 Å². The second kappa shape index (κ2) is 7.20. The molecule has 112 valence electrons. The van der Waals surface area contributed by atoms with Crippen LogP contribution in [0.2, 0.25) is 0 Å². The van der Waals surface area contributed by atoms with E-state index in [2.05, 4.69) is 0 Å². The smallest absolute Gasteiger partial charge is 0.135 e. The monoisotopic (exact) mass is 289 g/mol. The summed E-state index contributed by atoms with van der Waals surface area (Å²) in [4.78, 5) is 0. The lowest BCUT2D eigenvalue weighted by molar-refractivity contribution is 0.202. The first-order valence-corrected chi connectivity index (χ1v) is 6.91. The van der Waals surface area contributed by atoms with Crippen LogP contribution in [0.1, 0.15) is 24.1 Å². The molecule has 0 fully saturated rings. The molecule has 0 aromatic heterocycles. The van der Waals surface area contributed by atoms with Crippen LogP contribution in [0.15, 0.2) is 42.5 Å². The fraction of sp³-hybridized carbons (Fsp3) is 0.294. The fourth-order valence-electron chi connectivity index (χ4n) is 2.12. The zero-order valence-electron chi connectivity index (χ0n) is 12.3. The number of ether oxygens (including phenoxy) is 2. The van der Waals surface area contributed by atoms with Gasteiger partial charge in [0.15, 0.2) is 0 Å². The number of rotatable bonds is 6. The van der Waals surface area contributed by atoms with Crippen LogP contribution in [-0.4, -0.2) is 13.7 Å². The van der Waals surface area contributed by atoms with E-state index in [-0.39, 0.29) is 5.82 Å². The predicted octanol–water partition coefficient (Wildman–Crippen LogP) is 3.83. The number of halogens is 1. The van der Waals surface area contributed by atoms with Crippen molar-refractivity contribution in [2.45, 2.75) is 19.4 Å². The molecule has 2 N–H and O–H groups in total. The van der Waals surface area contributed by atoms with Gasteiger partial charge in [-0.2, -0.15) is 0 Å². The maximum atomic E-state index is 13.8. The average Bonchev–Trinajstić information content (AvgIpc) is 2.46. The zero-order valence-corrected chi connectivity index (χ0v) is 12.3. The second-order valence-electron chi connectivity index (χ2n) is 4.93. The molecule has 0 aliphatic heterocycles. The second-order valence-corrected chi connectivity index (χ2v) is 4.93. The highest BCUT2D eigenvalue weighted by Crippen LogP contribution is 2.30. The molecule has 2 aromatic carbocycles. The molecular formula is C17H20FNO2. The highest BCUT2D eigenvalue weighted by atomic mass is 19.1. The van der Waals surface area contributed by atoms with Crippen LogP contribution in [0.25, 0.3) is 0 Å². The molecule has 0 spiro atoms. The van der Waals surface area contributed by atoms with Gasteiger partial charge in [-0.05, 0) is 43.2 Å². The Balaban J connectivity index is 2.17. The van der Waals surface area contributed by atoms with Gasteiger partial charge in [-0.1, -0.05) is 18.2 Å². The van der Waals surface area contributed by atoms with Crippen LogP contribution >= 0.6 is 0 Å². The van der Waals surface area contributed by atoms with E-state index in [0.29, 0.717) is 23.7 Å². The maximum absolute atomic E-state index is 13.8. The van der Waals surface area contributed by atoms with Gasteiger partial charge in [0.1, 0.15) is 17.3 Å². The molecule has 21 heavy (non-hydrogen) atoms. The van der Waals surface area contributed by atoms with Crippen molar-refractivity contribution < 1.29 is 13.9 Å². The van der Waals surface area contributed by atoms with Crippen molar-refractivity contribution in [1.82, 2.24) is 0 Å². The lowest BCUT2D eigenvalue weighted by atomic mass is 10.1. The van der Waals surface area contributed by atoms with Gasteiger partial charge in [-0.3, -0.25) is 0 Å². The number of nitrogens with two attached hydrogens (primary N) is 1. The summed E-state index contributed by atoms with van der Waals surface area (Å²) in [6, 6.07) is 12.0. The van der Waals surface area contributed by atoms with Crippen LogP contribution in [-0.2, 0) is 11.2 Å². The number of methoxy groups -OCH3 is 1. The first-order chi connectivity index (χ1) is 10.1. The van der Waals surface area contributed by atoms with E-state index >= 15 is 0 Å². The topological polar surface area (TPSA) is 44.5 Å². The highest BCUT2D eigenvalue weighted by Gasteiger charge is 2.14. The molecule has 2 aromatic rings. The fourth-order valence-corrected chi connectivity index (χ4v) is 2.12. The first-order valence-electron chi connectivity index (χ1n) is 6.91. The van der Waals surface area contributed by atoms with Gasteiger partial charge >= 0.3 is 0 Å². The van der Waals surface area contributed by atoms with Gasteiger partial charge in [0.05, 0.1) is 6.61 Å². The van der Waals surface area contributed by atoms with Gasteiger partial charge in [0, 0.05) is 18.7 Å². The molecule has 0 aliphatic rings. The van der Waals surface area contributed by atoms with Gasteiger partial charge in [-0.15, -0.1) is 0 Å². The summed E-state index contributed by atoms with van der Waals surface area (Å²) in [7, 11) is 1.68.